The highest BCUT2D eigenvalue weighted by Crippen LogP contribution is 2.25. The van der Waals surface area contributed by atoms with Gasteiger partial charge in [-0.2, -0.15) is 0 Å². The van der Waals surface area contributed by atoms with Gasteiger partial charge in [-0.25, -0.2) is 9.97 Å². The fraction of sp³-hybridized carbons (Fsp3) is 0.167. The maximum Gasteiger partial charge on any atom is 0.263 e. The third-order valence-corrected chi connectivity index (χ3v) is 4.05. The van der Waals surface area contributed by atoms with E-state index in [1.165, 1.54) is 0 Å². The van der Waals surface area contributed by atoms with Crippen LogP contribution in [-0.2, 0) is 6.54 Å². The molecular formula is C18H15N5O2. The van der Waals surface area contributed by atoms with Gasteiger partial charge in [0.15, 0.2) is 11.5 Å². The van der Waals surface area contributed by atoms with Gasteiger partial charge in [0.05, 0.1) is 23.2 Å². The van der Waals surface area contributed by atoms with E-state index in [0.717, 1.165) is 5.56 Å². The van der Waals surface area contributed by atoms with Crippen LogP contribution in [0.5, 0.6) is 0 Å². The average Bonchev–Trinajstić information content (AvgIpc) is 2.97. The molecule has 4 heterocycles. The molecule has 0 bridgehead atoms. The van der Waals surface area contributed by atoms with Gasteiger partial charge < -0.3 is 4.52 Å². The Morgan fingerprint density at radius 3 is 2.72 bits per heavy atom. The van der Waals surface area contributed by atoms with Crippen LogP contribution < -0.4 is 5.56 Å². The van der Waals surface area contributed by atoms with Gasteiger partial charge in [-0.3, -0.25) is 14.3 Å². The topological polar surface area (TPSA) is 86.7 Å². The molecule has 0 fully saturated rings. The summed E-state index contributed by atoms with van der Waals surface area (Å²) in [5, 5.41) is 4.46. The Morgan fingerprint density at radius 2 is 2.00 bits per heavy atom. The van der Waals surface area contributed by atoms with Crippen molar-refractivity contribution in [1.29, 1.82) is 0 Å². The maximum absolute atomic E-state index is 13.1. The van der Waals surface area contributed by atoms with E-state index in [0.29, 0.717) is 40.4 Å². The summed E-state index contributed by atoms with van der Waals surface area (Å²) in [5.41, 5.74) is 2.55. The molecule has 0 saturated heterocycles. The van der Waals surface area contributed by atoms with Gasteiger partial charge in [-0.05, 0) is 37.6 Å². The zero-order chi connectivity index (χ0) is 17.4. The normalized spacial score (nSPS) is 11.1. The number of pyridine rings is 2. The van der Waals surface area contributed by atoms with Crippen LogP contribution in [0.2, 0.25) is 0 Å². The van der Waals surface area contributed by atoms with Crippen LogP contribution in [0.1, 0.15) is 17.0 Å². The third-order valence-electron chi connectivity index (χ3n) is 4.05. The van der Waals surface area contributed by atoms with Gasteiger partial charge in [0.2, 0.25) is 0 Å². The van der Waals surface area contributed by atoms with Crippen molar-refractivity contribution in [2.75, 3.05) is 0 Å². The average molecular weight is 333 g/mol. The molecule has 0 saturated carbocycles. The van der Waals surface area contributed by atoms with E-state index in [-0.39, 0.29) is 5.56 Å². The van der Waals surface area contributed by atoms with Crippen molar-refractivity contribution in [3.05, 3.63) is 70.2 Å². The number of rotatable bonds is 3. The molecule has 4 aromatic heterocycles. The Kier molecular flexibility index (Phi) is 3.61. The lowest BCUT2D eigenvalue weighted by molar-refractivity contribution is 0.393. The van der Waals surface area contributed by atoms with Gasteiger partial charge >= 0.3 is 0 Å². The predicted octanol–water partition coefficient (Wildman–Crippen LogP) is 2.51. The van der Waals surface area contributed by atoms with Crippen molar-refractivity contribution < 1.29 is 4.52 Å². The van der Waals surface area contributed by atoms with E-state index in [9.17, 15) is 4.79 Å². The second-order valence-electron chi connectivity index (χ2n) is 5.76. The van der Waals surface area contributed by atoms with Crippen molar-refractivity contribution in [3.8, 4) is 11.4 Å². The molecule has 124 valence electrons. The largest absolute Gasteiger partial charge is 0.361 e. The van der Waals surface area contributed by atoms with Crippen LogP contribution in [0.4, 0.5) is 0 Å². The van der Waals surface area contributed by atoms with Crippen LogP contribution in [0.25, 0.3) is 22.4 Å². The molecular weight excluding hydrogens is 318 g/mol. The minimum atomic E-state index is -0.156. The lowest BCUT2D eigenvalue weighted by Gasteiger charge is -2.13. The summed E-state index contributed by atoms with van der Waals surface area (Å²) in [7, 11) is 0. The highest BCUT2D eigenvalue weighted by atomic mass is 16.5. The van der Waals surface area contributed by atoms with Crippen molar-refractivity contribution in [2.45, 2.75) is 20.4 Å². The monoisotopic (exact) mass is 333 g/mol. The Hall–Kier alpha value is -3.35. The number of hydrogen-bond donors (Lipinski definition) is 0. The molecule has 0 aromatic carbocycles. The first kappa shape index (κ1) is 15.2. The lowest BCUT2D eigenvalue weighted by atomic mass is 10.1. The van der Waals surface area contributed by atoms with Crippen molar-refractivity contribution in [3.63, 3.8) is 0 Å². The molecule has 0 spiro atoms. The van der Waals surface area contributed by atoms with Crippen LogP contribution in [0.3, 0.4) is 0 Å². The number of hydrogen-bond acceptors (Lipinski definition) is 6. The van der Waals surface area contributed by atoms with Gasteiger partial charge in [0, 0.05) is 18.6 Å². The highest BCUT2D eigenvalue weighted by molar-refractivity contribution is 5.76. The van der Waals surface area contributed by atoms with Crippen molar-refractivity contribution >= 4 is 11.0 Å². The Balaban J connectivity index is 2.03. The fourth-order valence-corrected chi connectivity index (χ4v) is 2.87. The molecule has 4 rings (SSSR count). The van der Waals surface area contributed by atoms with Crippen molar-refractivity contribution in [1.82, 2.24) is 24.7 Å². The summed E-state index contributed by atoms with van der Waals surface area (Å²) >= 11 is 0. The Labute approximate surface area is 143 Å². The molecule has 25 heavy (non-hydrogen) atoms. The standard InChI is InChI=1S/C18H15N5O2/c1-11-15(12(2)25-22-11)17-21-16-14(6-4-8-20-16)18(24)23(17)10-13-5-3-7-19-9-13/h3-9H,10H2,1-2H3. The Morgan fingerprint density at radius 1 is 1.16 bits per heavy atom. The van der Waals surface area contributed by atoms with Gasteiger partial charge in [-0.15, -0.1) is 0 Å². The summed E-state index contributed by atoms with van der Waals surface area (Å²) in [6, 6.07) is 7.22. The zero-order valence-electron chi connectivity index (χ0n) is 13.8. The maximum atomic E-state index is 13.1. The first-order valence-electron chi connectivity index (χ1n) is 7.83. The molecule has 0 N–H and O–H groups in total. The number of fused-ring (bicyclic) bond motifs is 1. The molecule has 7 nitrogen and oxygen atoms in total. The molecule has 0 atom stereocenters. The van der Waals surface area contributed by atoms with Crippen LogP contribution in [0.15, 0.2) is 52.2 Å². The zero-order valence-corrected chi connectivity index (χ0v) is 13.8. The number of nitrogens with zero attached hydrogens (tertiary/aromatic N) is 5. The summed E-state index contributed by atoms with van der Waals surface area (Å²) in [5.74, 6) is 1.11. The van der Waals surface area contributed by atoms with E-state index in [1.807, 2.05) is 19.1 Å². The molecule has 0 aliphatic heterocycles. The van der Waals surface area contributed by atoms with E-state index in [4.69, 9.17) is 4.52 Å². The summed E-state index contributed by atoms with van der Waals surface area (Å²) in [6.45, 7) is 3.98. The quantitative estimate of drug-likeness (QED) is 0.572. The lowest BCUT2D eigenvalue weighted by Crippen LogP contribution is -2.24. The SMILES string of the molecule is Cc1noc(C)c1-c1nc2ncccc2c(=O)n1Cc1cccnc1. The molecule has 4 aromatic rings. The van der Waals surface area contributed by atoms with Gasteiger partial charge in [0.1, 0.15) is 5.76 Å². The molecule has 0 aliphatic rings. The van der Waals surface area contributed by atoms with Crippen LogP contribution >= 0.6 is 0 Å². The summed E-state index contributed by atoms with van der Waals surface area (Å²) in [6.07, 6.45) is 5.05. The molecule has 0 unspecified atom stereocenters. The number of aryl methyl sites for hydroxylation is 2. The molecule has 0 amide bonds. The minimum Gasteiger partial charge on any atom is -0.361 e. The summed E-state index contributed by atoms with van der Waals surface area (Å²) < 4.78 is 6.89. The molecule has 0 aliphatic carbocycles. The van der Waals surface area contributed by atoms with E-state index in [2.05, 4.69) is 20.1 Å². The molecule has 7 heteroatoms. The highest BCUT2D eigenvalue weighted by Gasteiger charge is 2.20. The molecule has 0 radical (unpaired) electrons. The van der Waals surface area contributed by atoms with Crippen molar-refractivity contribution in [2.24, 2.45) is 0 Å². The first-order valence-corrected chi connectivity index (χ1v) is 7.83. The second-order valence-corrected chi connectivity index (χ2v) is 5.76. The third kappa shape index (κ3) is 2.59. The summed E-state index contributed by atoms with van der Waals surface area (Å²) in [4.78, 5) is 26.1. The fourth-order valence-electron chi connectivity index (χ4n) is 2.87. The van der Waals surface area contributed by atoms with E-state index in [1.54, 1.807) is 42.2 Å². The van der Waals surface area contributed by atoms with Crippen LogP contribution in [-0.4, -0.2) is 24.7 Å². The number of aromatic nitrogens is 5. The predicted molar refractivity (Wildman–Crippen MR) is 92.1 cm³/mol. The smallest absolute Gasteiger partial charge is 0.263 e. The van der Waals surface area contributed by atoms with Crippen LogP contribution in [0, 0.1) is 13.8 Å². The minimum absolute atomic E-state index is 0.156. The second kappa shape index (κ2) is 5.94. The van der Waals surface area contributed by atoms with Gasteiger partial charge in [-0.1, -0.05) is 11.2 Å². The van der Waals surface area contributed by atoms with E-state index >= 15 is 0 Å². The first-order chi connectivity index (χ1) is 12.1. The Bertz CT molecular complexity index is 1100. The van der Waals surface area contributed by atoms with Gasteiger partial charge in [0.25, 0.3) is 5.56 Å². The van der Waals surface area contributed by atoms with E-state index < -0.39 is 0 Å².